The van der Waals surface area contributed by atoms with Crippen molar-refractivity contribution in [3.8, 4) is 0 Å². The zero-order valence-corrected chi connectivity index (χ0v) is 19.1. The highest BCUT2D eigenvalue weighted by atomic mass is 35.5. The zero-order chi connectivity index (χ0) is 22.8. The van der Waals surface area contributed by atoms with E-state index in [-0.39, 0.29) is 5.91 Å². The summed E-state index contributed by atoms with van der Waals surface area (Å²) in [4.78, 5) is 26.6. The van der Waals surface area contributed by atoms with Crippen molar-refractivity contribution in [2.75, 3.05) is 36.4 Å². The molecule has 7 heteroatoms. The first-order valence-corrected chi connectivity index (χ1v) is 11.3. The normalized spacial score (nSPS) is 13.9. The van der Waals surface area contributed by atoms with Crippen LogP contribution in [-0.4, -0.2) is 47.0 Å². The molecule has 1 N–H and O–H groups in total. The summed E-state index contributed by atoms with van der Waals surface area (Å²) in [6, 6.07) is 19.6. The van der Waals surface area contributed by atoms with Crippen molar-refractivity contribution in [3.63, 3.8) is 0 Å². The summed E-state index contributed by atoms with van der Waals surface area (Å²) >= 11 is 6.28. The molecule has 0 aliphatic carbocycles. The molecule has 1 amide bonds. The second-order valence-corrected chi connectivity index (χ2v) is 8.53. The fraction of sp³-hybridized carbons (Fsp3) is 0.192. The first-order valence-electron chi connectivity index (χ1n) is 11.0. The lowest BCUT2D eigenvalue weighted by Crippen LogP contribution is -2.49. The quantitative estimate of drug-likeness (QED) is 0.450. The topological polar surface area (TPSA) is 61.4 Å². The highest BCUT2D eigenvalue weighted by molar-refractivity contribution is 6.31. The van der Waals surface area contributed by atoms with E-state index in [9.17, 15) is 4.79 Å². The molecule has 4 aromatic rings. The highest BCUT2D eigenvalue weighted by Gasteiger charge is 2.24. The van der Waals surface area contributed by atoms with Gasteiger partial charge in [0.15, 0.2) is 0 Å². The largest absolute Gasteiger partial charge is 0.353 e. The average molecular weight is 458 g/mol. The van der Waals surface area contributed by atoms with E-state index in [1.165, 1.54) is 0 Å². The molecule has 0 unspecified atom stereocenters. The number of hydrogen-bond acceptors (Lipinski definition) is 5. The summed E-state index contributed by atoms with van der Waals surface area (Å²) < 4.78 is 0. The fourth-order valence-electron chi connectivity index (χ4n) is 4.12. The van der Waals surface area contributed by atoms with Crippen LogP contribution in [0.25, 0.3) is 10.8 Å². The van der Waals surface area contributed by atoms with Gasteiger partial charge in [-0.25, -0.2) is 9.97 Å². The second-order valence-electron chi connectivity index (χ2n) is 8.12. The highest BCUT2D eigenvalue weighted by Crippen LogP contribution is 2.29. The van der Waals surface area contributed by atoms with Crippen molar-refractivity contribution in [2.45, 2.75) is 6.92 Å². The van der Waals surface area contributed by atoms with Gasteiger partial charge in [-0.15, -0.1) is 0 Å². The van der Waals surface area contributed by atoms with E-state index >= 15 is 0 Å². The summed E-state index contributed by atoms with van der Waals surface area (Å²) in [5.74, 6) is 1.65. The maximum atomic E-state index is 13.4. The molecule has 1 aliphatic rings. The molecule has 2 aromatic carbocycles. The molecule has 0 bridgehead atoms. The molecule has 33 heavy (non-hydrogen) atoms. The lowest BCUT2D eigenvalue weighted by atomic mass is 10.1. The Morgan fingerprint density at radius 1 is 0.939 bits per heavy atom. The van der Waals surface area contributed by atoms with Gasteiger partial charge < -0.3 is 15.1 Å². The predicted molar refractivity (Wildman–Crippen MR) is 134 cm³/mol. The molecule has 3 heterocycles. The Hall–Kier alpha value is -3.64. The van der Waals surface area contributed by atoms with E-state index in [2.05, 4.69) is 20.2 Å². The lowest BCUT2D eigenvalue weighted by Gasteiger charge is -2.35. The first kappa shape index (κ1) is 21.2. The number of nitrogens with zero attached hydrogens (tertiary/aromatic N) is 4. The van der Waals surface area contributed by atoms with Gasteiger partial charge in [-0.3, -0.25) is 4.79 Å². The molecule has 0 radical (unpaired) electrons. The monoisotopic (exact) mass is 457 g/mol. The van der Waals surface area contributed by atoms with Crippen molar-refractivity contribution < 1.29 is 4.79 Å². The maximum Gasteiger partial charge on any atom is 0.256 e. The van der Waals surface area contributed by atoms with Crippen molar-refractivity contribution in [1.29, 1.82) is 0 Å². The molecular formula is C26H24ClN5O. The molecule has 0 spiro atoms. The van der Waals surface area contributed by atoms with Gasteiger partial charge >= 0.3 is 0 Å². The van der Waals surface area contributed by atoms with Crippen LogP contribution in [-0.2, 0) is 0 Å². The molecule has 1 saturated heterocycles. The molecule has 166 valence electrons. The lowest BCUT2D eigenvalue weighted by molar-refractivity contribution is 0.0748. The Morgan fingerprint density at radius 2 is 1.70 bits per heavy atom. The van der Waals surface area contributed by atoms with E-state index in [0.29, 0.717) is 29.5 Å². The van der Waals surface area contributed by atoms with Crippen LogP contribution in [0.1, 0.15) is 15.9 Å². The number of benzene rings is 2. The van der Waals surface area contributed by atoms with Gasteiger partial charge in [0.2, 0.25) is 0 Å². The fourth-order valence-corrected chi connectivity index (χ4v) is 4.30. The predicted octanol–water partition coefficient (Wildman–Crippen LogP) is 5.30. The Labute approximate surface area is 197 Å². The van der Waals surface area contributed by atoms with Crippen LogP contribution in [0.15, 0.2) is 73.1 Å². The van der Waals surface area contributed by atoms with Crippen LogP contribution in [0, 0.1) is 6.92 Å². The van der Waals surface area contributed by atoms with Crippen molar-refractivity contribution in [2.24, 2.45) is 0 Å². The van der Waals surface area contributed by atoms with Gasteiger partial charge in [0.25, 0.3) is 5.91 Å². The van der Waals surface area contributed by atoms with Crippen LogP contribution >= 0.6 is 11.6 Å². The smallest absolute Gasteiger partial charge is 0.256 e. The van der Waals surface area contributed by atoms with Gasteiger partial charge in [0, 0.05) is 54.7 Å². The number of nitrogens with one attached hydrogen (secondary N) is 1. The Bertz CT molecular complexity index is 1300. The molecule has 0 atom stereocenters. The molecule has 2 aromatic heterocycles. The van der Waals surface area contributed by atoms with Crippen LogP contribution in [0.5, 0.6) is 0 Å². The summed E-state index contributed by atoms with van der Waals surface area (Å²) in [6.07, 6.45) is 3.47. The zero-order valence-electron chi connectivity index (χ0n) is 18.3. The number of halogens is 1. The molecule has 1 fully saturated rings. The number of pyridine rings is 2. The number of hydrogen-bond donors (Lipinski definition) is 1. The van der Waals surface area contributed by atoms with Gasteiger partial charge in [-0.2, -0.15) is 0 Å². The number of carbonyl (C=O) groups excluding carboxylic acids is 1. The van der Waals surface area contributed by atoms with Gasteiger partial charge in [0.1, 0.15) is 11.6 Å². The summed E-state index contributed by atoms with van der Waals surface area (Å²) in [7, 11) is 0. The van der Waals surface area contributed by atoms with Crippen molar-refractivity contribution in [3.05, 3.63) is 89.2 Å². The SMILES string of the molecule is Cc1ccc(Nc2ncc(C(=O)N3CCN(c4ccccn4)CC3)c3ccccc23)cc1Cl. The Balaban J connectivity index is 1.38. The van der Waals surface area contributed by atoms with Crippen LogP contribution in [0.2, 0.25) is 5.02 Å². The van der Waals surface area contributed by atoms with Gasteiger partial charge in [-0.05, 0) is 42.1 Å². The second kappa shape index (κ2) is 9.08. The number of rotatable bonds is 4. The molecular weight excluding hydrogens is 434 g/mol. The number of anilines is 3. The number of fused-ring (bicyclic) bond motifs is 1. The Morgan fingerprint density at radius 3 is 2.42 bits per heavy atom. The minimum absolute atomic E-state index is 0.00398. The number of carbonyl (C=O) groups is 1. The van der Waals surface area contributed by atoms with Crippen LogP contribution in [0.4, 0.5) is 17.3 Å². The third-order valence-corrected chi connectivity index (χ3v) is 6.41. The number of piperazine rings is 1. The van der Waals surface area contributed by atoms with E-state index < -0.39 is 0 Å². The molecule has 1 aliphatic heterocycles. The third kappa shape index (κ3) is 4.34. The number of aryl methyl sites for hydroxylation is 1. The minimum Gasteiger partial charge on any atom is -0.353 e. The minimum atomic E-state index is 0.00398. The Kier molecular flexibility index (Phi) is 5.84. The van der Waals surface area contributed by atoms with Crippen LogP contribution < -0.4 is 10.2 Å². The summed E-state index contributed by atoms with van der Waals surface area (Å²) in [5.41, 5.74) is 2.49. The van der Waals surface area contributed by atoms with Gasteiger partial charge in [0.05, 0.1) is 5.56 Å². The summed E-state index contributed by atoms with van der Waals surface area (Å²) in [6.45, 7) is 4.76. The van der Waals surface area contributed by atoms with Gasteiger partial charge in [-0.1, -0.05) is 48.0 Å². The van der Waals surface area contributed by atoms with Crippen molar-refractivity contribution >= 4 is 45.6 Å². The number of aromatic nitrogens is 2. The molecule has 5 rings (SSSR count). The standard InChI is InChI=1S/C26H24ClN5O/c1-18-9-10-19(16-23(18)27)30-25-21-7-3-2-6-20(21)22(17-29-25)26(33)32-14-12-31(13-15-32)24-8-4-5-11-28-24/h2-11,16-17H,12-15H2,1H3,(H,29,30). The van der Waals surface area contributed by atoms with E-state index in [0.717, 1.165) is 40.9 Å². The van der Waals surface area contributed by atoms with E-state index in [4.69, 9.17) is 11.6 Å². The third-order valence-electron chi connectivity index (χ3n) is 6.00. The van der Waals surface area contributed by atoms with Crippen LogP contribution in [0.3, 0.4) is 0 Å². The van der Waals surface area contributed by atoms with E-state index in [1.807, 2.05) is 72.5 Å². The number of amides is 1. The summed E-state index contributed by atoms with van der Waals surface area (Å²) in [5, 5.41) is 5.82. The maximum absolute atomic E-state index is 13.4. The average Bonchev–Trinajstić information content (AvgIpc) is 2.87. The first-order chi connectivity index (χ1) is 16.1. The molecule has 6 nitrogen and oxygen atoms in total. The van der Waals surface area contributed by atoms with Crippen molar-refractivity contribution in [1.82, 2.24) is 14.9 Å². The van der Waals surface area contributed by atoms with E-state index in [1.54, 1.807) is 12.4 Å². The molecule has 0 saturated carbocycles.